The van der Waals surface area contributed by atoms with Crippen molar-refractivity contribution in [2.45, 2.75) is 92.4 Å². The van der Waals surface area contributed by atoms with Gasteiger partial charge in [-0.05, 0) is 105 Å². The number of thioether (sulfide) groups is 1. The maximum absolute atomic E-state index is 11.5. The highest BCUT2D eigenvalue weighted by atomic mass is 32.2. The highest BCUT2D eigenvalue weighted by Gasteiger charge is 2.45. The van der Waals surface area contributed by atoms with Crippen LogP contribution in [0.15, 0.2) is 105 Å². The molecule has 0 atom stereocenters. The first-order chi connectivity index (χ1) is 19.3. The molecule has 1 N–H and O–H groups in total. The van der Waals surface area contributed by atoms with E-state index in [1.165, 1.54) is 65.7 Å². The van der Waals surface area contributed by atoms with E-state index in [-0.39, 0.29) is 5.41 Å². The lowest BCUT2D eigenvalue weighted by atomic mass is 9.55. The van der Waals surface area contributed by atoms with Crippen molar-refractivity contribution in [3.8, 4) is 0 Å². The molecule has 0 amide bonds. The van der Waals surface area contributed by atoms with Crippen molar-refractivity contribution in [2.75, 3.05) is 7.11 Å². The molecule has 0 aliphatic heterocycles. The molecule has 214 valence electrons. The van der Waals surface area contributed by atoms with E-state index in [1.807, 2.05) is 19.1 Å². The Hall–Kier alpha value is -2.65. The molecule has 1 saturated carbocycles. The van der Waals surface area contributed by atoms with Crippen molar-refractivity contribution in [1.82, 2.24) is 0 Å². The summed E-state index contributed by atoms with van der Waals surface area (Å²) < 4.78 is 5.83. The van der Waals surface area contributed by atoms with E-state index < -0.39 is 0 Å². The number of aliphatic hydroxyl groups excluding tert-OH is 1. The van der Waals surface area contributed by atoms with Crippen molar-refractivity contribution in [1.29, 1.82) is 0 Å². The second-order valence-corrected chi connectivity index (χ2v) is 12.9. The van der Waals surface area contributed by atoms with Crippen molar-refractivity contribution in [3.63, 3.8) is 0 Å². The van der Waals surface area contributed by atoms with Gasteiger partial charge in [0.05, 0.1) is 12.0 Å². The van der Waals surface area contributed by atoms with Gasteiger partial charge in [-0.1, -0.05) is 98.7 Å². The van der Waals surface area contributed by atoms with Crippen molar-refractivity contribution < 1.29 is 9.84 Å². The van der Waals surface area contributed by atoms with Crippen LogP contribution in [0.1, 0.15) is 90.7 Å². The lowest BCUT2D eigenvalue weighted by Crippen LogP contribution is -2.39. The summed E-state index contributed by atoms with van der Waals surface area (Å²) in [5.41, 5.74) is 7.10. The van der Waals surface area contributed by atoms with Gasteiger partial charge in [-0.3, -0.25) is 0 Å². The molecular weight excluding hydrogens is 508 g/mol. The highest BCUT2D eigenvalue weighted by molar-refractivity contribution is 8.07. The molecule has 3 aliphatic rings. The van der Waals surface area contributed by atoms with E-state index in [0.717, 1.165) is 29.1 Å². The summed E-state index contributed by atoms with van der Waals surface area (Å²) in [4.78, 5) is 2.31. The molecule has 3 aliphatic carbocycles. The quantitative estimate of drug-likeness (QED) is 0.255. The Morgan fingerprint density at radius 1 is 1.05 bits per heavy atom. The van der Waals surface area contributed by atoms with E-state index in [1.54, 1.807) is 18.9 Å². The van der Waals surface area contributed by atoms with Gasteiger partial charge in [0, 0.05) is 10.5 Å². The zero-order chi connectivity index (χ0) is 28.8. The fraction of sp³-hybridized carbons (Fsp3) is 0.459. The van der Waals surface area contributed by atoms with Crippen LogP contribution >= 0.6 is 11.8 Å². The summed E-state index contributed by atoms with van der Waals surface area (Å²) in [6.45, 7) is 11.0. The zero-order valence-corrected chi connectivity index (χ0v) is 26.3. The van der Waals surface area contributed by atoms with Gasteiger partial charge in [-0.25, -0.2) is 0 Å². The molecule has 0 saturated heterocycles. The molecule has 3 heteroatoms. The Morgan fingerprint density at radius 3 is 2.38 bits per heavy atom. The number of aliphatic hydroxyl groups is 1. The normalized spacial score (nSPS) is 23.2. The third-order valence-electron chi connectivity index (χ3n) is 9.80. The lowest BCUT2D eigenvalue weighted by Gasteiger charge is -2.50. The van der Waals surface area contributed by atoms with E-state index in [9.17, 15) is 5.11 Å². The van der Waals surface area contributed by atoms with Crippen LogP contribution in [0.3, 0.4) is 0 Å². The molecule has 4 rings (SSSR count). The highest BCUT2D eigenvalue weighted by Crippen LogP contribution is 2.56. The summed E-state index contributed by atoms with van der Waals surface area (Å²) in [5, 5.41) is 11.5. The summed E-state index contributed by atoms with van der Waals surface area (Å²) in [5.74, 6) is 1.20. The van der Waals surface area contributed by atoms with Crippen LogP contribution in [0.25, 0.3) is 0 Å². The van der Waals surface area contributed by atoms with Gasteiger partial charge >= 0.3 is 0 Å². The molecule has 0 unspecified atom stereocenters. The predicted octanol–water partition coefficient (Wildman–Crippen LogP) is 10.9. The van der Waals surface area contributed by atoms with Crippen LogP contribution in [0.5, 0.6) is 0 Å². The Balaban J connectivity index is 1.64. The molecule has 0 radical (unpaired) electrons. The Kier molecular flexibility index (Phi) is 10.1. The monoisotopic (exact) mass is 556 g/mol. The maximum atomic E-state index is 11.5. The largest absolute Gasteiger partial charge is 0.508 e. The molecule has 1 fully saturated rings. The minimum atomic E-state index is 0.146. The number of methoxy groups -OCH3 is 1. The maximum Gasteiger partial charge on any atom is 0.132 e. The fourth-order valence-corrected chi connectivity index (χ4v) is 7.77. The van der Waals surface area contributed by atoms with Crippen LogP contribution in [0.4, 0.5) is 0 Å². The van der Waals surface area contributed by atoms with Gasteiger partial charge in [0.1, 0.15) is 11.5 Å². The van der Waals surface area contributed by atoms with Gasteiger partial charge in [-0.2, -0.15) is 0 Å². The van der Waals surface area contributed by atoms with Gasteiger partial charge < -0.3 is 9.84 Å². The SMILES string of the molecule is C\C=C/C=C(C)\C(=C\C)SC1=CC/C(=C(O)\C=C2/Cc3ccccc3CC23CCC(CC)(CC)CC3)C=C1OC. The van der Waals surface area contributed by atoms with Crippen LogP contribution < -0.4 is 0 Å². The van der Waals surface area contributed by atoms with E-state index >= 15 is 0 Å². The number of fused-ring (bicyclic) bond motifs is 1. The van der Waals surface area contributed by atoms with Crippen molar-refractivity contribution >= 4 is 11.8 Å². The van der Waals surface area contributed by atoms with Crippen LogP contribution in [-0.4, -0.2) is 12.2 Å². The van der Waals surface area contributed by atoms with Crippen LogP contribution in [0, 0.1) is 10.8 Å². The molecular formula is C37H48O2S. The van der Waals surface area contributed by atoms with Crippen molar-refractivity contribution in [3.05, 3.63) is 116 Å². The first-order valence-corrected chi connectivity index (χ1v) is 15.9. The molecule has 1 aromatic rings. The zero-order valence-electron chi connectivity index (χ0n) is 25.5. The standard InChI is InChI=1S/C37H48O2S/c1-7-11-14-27(5)34(8-2)40-35-18-17-29(24-33(35)39-6)32(38)25-31-23-28-15-12-13-16-30(28)26-37(31)21-19-36(9-3,10-4)20-22-37/h7-8,11-16,18,24-25,38H,9-10,17,19-23,26H2,1-6H3/b11-7-,27-14-,31-25+,32-29-,34-8-. The van der Waals surface area contributed by atoms with Gasteiger partial charge in [0.15, 0.2) is 0 Å². The Morgan fingerprint density at radius 2 is 1.75 bits per heavy atom. The average Bonchev–Trinajstić information content (AvgIpc) is 2.99. The minimum absolute atomic E-state index is 0.146. The third kappa shape index (κ3) is 6.46. The van der Waals surface area contributed by atoms with E-state index in [0.29, 0.717) is 17.6 Å². The van der Waals surface area contributed by atoms with Gasteiger partial charge in [0.25, 0.3) is 0 Å². The predicted molar refractivity (Wildman–Crippen MR) is 173 cm³/mol. The molecule has 1 aromatic carbocycles. The number of allylic oxidation sites excluding steroid dienone is 10. The van der Waals surface area contributed by atoms with E-state index in [2.05, 4.69) is 82.3 Å². The number of hydrogen-bond donors (Lipinski definition) is 1. The minimum Gasteiger partial charge on any atom is -0.508 e. The third-order valence-corrected chi connectivity index (χ3v) is 11.2. The first kappa shape index (κ1) is 30.3. The Bertz CT molecular complexity index is 1280. The number of ether oxygens (including phenoxy) is 1. The fourth-order valence-electron chi connectivity index (χ4n) is 6.78. The second-order valence-electron chi connectivity index (χ2n) is 11.8. The smallest absolute Gasteiger partial charge is 0.132 e. The molecule has 2 nitrogen and oxygen atoms in total. The first-order valence-electron chi connectivity index (χ1n) is 15.1. The van der Waals surface area contributed by atoms with Gasteiger partial charge in [-0.15, -0.1) is 0 Å². The number of benzene rings is 1. The number of rotatable bonds is 8. The van der Waals surface area contributed by atoms with Gasteiger partial charge in [0.2, 0.25) is 0 Å². The lowest BCUT2D eigenvalue weighted by molar-refractivity contribution is 0.0877. The number of hydrogen-bond acceptors (Lipinski definition) is 3. The summed E-state index contributed by atoms with van der Waals surface area (Å²) >= 11 is 1.73. The summed E-state index contributed by atoms with van der Waals surface area (Å²) in [6, 6.07) is 8.93. The molecule has 40 heavy (non-hydrogen) atoms. The summed E-state index contributed by atoms with van der Waals surface area (Å²) in [6.07, 6.45) is 25.0. The average molecular weight is 557 g/mol. The Labute approximate surface area is 247 Å². The van der Waals surface area contributed by atoms with Crippen LogP contribution in [-0.2, 0) is 17.6 Å². The van der Waals surface area contributed by atoms with E-state index in [4.69, 9.17) is 4.74 Å². The topological polar surface area (TPSA) is 29.5 Å². The molecule has 0 aromatic heterocycles. The molecule has 1 spiro atoms. The van der Waals surface area contributed by atoms with Crippen LogP contribution in [0.2, 0.25) is 0 Å². The molecule has 0 bridgehead atoms. The molecule has 0 heterocycles. The van der Waals surface area contributed by atoms with Crippen molar-refractivity contribution in [2.24, 2.45) is 10.8 Å². The summed E-state index contributed by atoms with van der Waals surface area (Å²) in [7, 11) is 1.72. The second kappa shape index (κ2) is 13.3.